The maximum Gasteiger partial charge on any atom is 0.273 e. The number of nitrogens with zero attached hydrogens (tertiary/aromatic N) is 3. The fourth-order valence-corrected chi connectivity index (χ4v) is 1.90. The Morgan fingerprint density at radius 2 is 1.91 bits per heavy atom. The first-order valence-corrected chi connectivity index (χ1v) is 6.65. The number of halogens is 2. The number of nitrogens with one attached hydrogen (secondary N) is 1. The van der Waals surface area contributed by atoms with Crippen LogP contribution in [0.5, 0.6) is 0 Å². The second-order valence-corrected chi connectivity index (χ2v) is 5.04. The van der Waals surface area contributed by atoms with Crippen molar-refractivity contribution in [3.05, 3.63) is 53.2 Å². The summed E-state index contributed by atoms with van der Waals surface area (Å²) in [6.07, 6.45) is 0. The first-order valence-electron chi connectivity index (χ1n) is 6.65. The summed E-state index contributed by atoms with van der Waals surface area (Å²) in [5.41, 5.74) is 0.399. The van der Waals surface area contributed by atoms with E-state index in [4.69, 9.17) is 0 Å². The fraction of sp³-hybridized carbons (Fsp3) is 0.267. The van der Waals surface area contributed by atoms with Crippen molar-refractivity contribution in [3.8, 4) is 0 Å². The largest absolute Gasteiger partial charge is 0.362 e. The number of anilines is 1. The molecule has 0 aliphatic carbocycles. The third kappa shape index (κ3) is 3.55. The van der Waals surface area contributed by atoms with Gasteiger partial charge in [0, 0.05) is 19.7 Å². The van der Waals surface area contributed by atoms with Gasteiger partial charge in [0.1, 0.15) is 17.5 Å². The predicted molar refractivity (Wildman–Crippen MR) is 78.4 cm³/mol. The molecule has 0 bridgehead atoms. The molecule has 5 nitrogen and oxygen atoms in total. The van der Waals surface area contributed by atoms with Crippen molar-refractivity contribution in [1.29, 1.82) is 0 Å². The maximum atomic E-state index is 13.7. The van der Waals surface area contributed by atoms with Crippen LogP contribution >= 0.6 is 0 Å². The lowest BCUT2D eigenvalue weighted by Crippen LogP contribution is -2.23. The summed E-state index contributed by atoms with van der Waals surface area (Å²) in [7, 11) is 3.23. The van der Waals surface area contributed by atoms with Crippen molar-refractivity contribution in [2.24, 2.45) is 0 Å². The quantitative estimate of drug-likeness (QED) is 0.943. The zero-order valence-corrected chi connectivity index (χ0v) is 12.5. The molecule has 1 unspecified atom stereocenters. The third-order valence-electron chi connectivity index (χ3n) is 3.08. The SMILES string of the molecule is CC(Nc1ccc(C(=O)N(C)C)nn1)c1cc(F)ccc1F. The highest BCUT2D eigenvalue weighted by Gasteiger charge is 2.14. The van der Waals surface area contributed by atoms with Crippen LogP contribution in [0.3, 0.4) is 0 Å². The molecule has 0 aliphatic heterocycles. The topological polar surface area (TPSA) is 58.1 Å². The molecule has 1 atom stereocenters. The van der Waals surface area contributed by atoms with Crippen molar-refractivity contribution in [2.75, 3.05) is 19.4 Å². The Hall–Kier alpha value is -2.57. The van der Waals surface area contributed by atoms with Gasteiger partial charge in [-0.25, -0.2) is 8.78 Å². The summed E-state index contributed by atoms with van der Waals surface area (Å²) >= 11 is 0. The first-order chi connectivity index (χ1) is 10.4. The predicted octanol–water partition coefficient (Wildman–Crippen LogP) is 2.63. The van der Waals surface area contributed by atoms with Crippen LogP contribution in [-0.4, -0.2) is 35.1 Å². The number of rotatable bonds is 4. The number of benzene rings is 1. The van der Waals surface area contributed by atoms with Gasteiger partial charge in [-0.05, 0) is 37.3 Å². The molecular formula is C15H16F2N4O. The van der Waals surface area contributed by atoms with Crippen molar-refractivity contribution in [2.45, 2.75) is 13.0 Å². The zero-order valence-electron chi connectivity index (χ0n) is 12.5. The average Bonchev–Trinajstić information content (AvgIpc) is 2.49. The van der Waals surface area contributed by atoms with E-state index in [1.165, 1.54) is 11.0 Å². The number of carbonyl (C=O) groups is 1. The normalized spacial score (nSPS) is 11.9. The van der Waals surface area contributed by atoms with Crippen molar-refractivity contribution in [1.82, 2.24) is 15.1 Å². The molecule has 116 valence electrons. The molecule has 2 aromatic rings. The van der Waals surface area contributed by atoms with Gasteiger partial charge in [0.05, 0.1) is 6.04 Å². The van der Waals surface area contributed by atoms with Crippen LogP contribution < -0.4 is 5.32 Å². The fourth-order valence-electron chi connectivity index (χ4n) is 1.90. The molecule has 1 amide bonds. The smallest absolute Gasteiger partial charge is 0.273 e. The molecule has 0 aliphatic rings. The first kappa shape index (κ1) is 15.8. The molecule has 0 saturated heterocycles. The molecule has 0 spiro atoms. The Morgan fingerprint density at radius 3 is 2.50 bits per heavy atom. The van der Waals surface area contributed by atoms with Crippen LogP contribution in [0.4, 0.5) is 14.6 Å². The van der Waals surface area contributed by atoms with E-state index in [0.717, 1.165) is 18.2 Å². The number of hydrogen-bond acceptors (Lipinski definition) is 4. The maximum absolute atomic E-state index is 13.7. The van der Waals surface area contributed by atoms with Gasteiger partial charge >= 0.3 is 0 Å². The zero-order chi connectivity index (χ0) is 16.3. The van der Waals surface area contributed by atoms with Gasteiger partial charge in [-0.2, -0.15) is 0 Å². The van der Waals surface area contributed by atoms with Crippen LogP contribution in [-0.2, 0) is 0 Å². The molecular weight excluding hydrogens is 290 g/mol. The number of aromatic nitrogens is 2. The van der Waals surface area contributed by atoms with Crippen LogP contribution in [0.1, 0.15) is 29.0 Å². The molecule has 0 saturated carbocycles. The Kier molecular flexibility index (Phi) is 4.65. The molecule has 22 heavy (non-hydrogen) atoms. The molecule has 1 aromatic carbocycles. The van der Waals surface area contributed by atoms with Gasteiger partial charge in [0.25, 0.3) is 5.91 Å². The molecule has 0 radical (unpaired) electrons. The summed E-state index contributed by atoms with van der Waals surface area (Å²) < 4.78 is 26.9. The van der Waals surface area contributed by atoms with E-state index in [2.05, 4.69) is 15.5 Å². The lowest BCUT2D eigenvalue weighted by atomic mass is 10.1. The summed E-state index contributed by atoms with van der Waals surface area (Å²) in [5, 5.41) is 10.6. The minimum atomic E-state index is -0.511. The molecule has 7 heteroatoms. The van der Waals surface area contributed by atoms with E-state index in [0.29, 0.717) is 5.82 Å². The number of carbonyl (C=O) groups excluding carboxylic acids is 1. The Bertz CT molecular complexity index is 674. The Balaban J connectivity index is 2.13. The van der Waals surface area contributed by atoms with Gasteiger partial charge < -0.3 is 10.2 Å². The van der Waals surface area contributed by atoms with E-state index in [-0.39, 0.29) is 17.2 Å². The highest BCUT2D eigenvalue weighted by Crippen LogP contribution is 2.21. The van der Waals surface area contributed by atoms with Crippen LogP contribution in [0, 0.1) is 11.6 Å². The van der Waals surface area contributed by atoms with Crippen molar-refractivity contribution in [3.63, 3.8) is 0 Å². The van der Waals surface area contributed by atoms with Gasteiger partial charge in [-0.15, -0.1) is 10.2 Å². The second-order valence-electron chi connectivity index (χ2n) is 5.04. The molecule has 1 heterocycles. The monoisotopic (exact) mass is 306 g/mol. The molecule has 1 N–H and O–H groups in total. The lowest BCUT2D eigenvalue weighted by Gasteiger charge is -2.15. The summed E-state index contributed by atoms with van der Waals surface area (Å²) in [6, 6.07) is 5.86. The number of hydrogen-bond donors (Lipinski definition) is 1. The van der Waals surface area contributed by atoms with Crippen LogP contribution in [0.2, 0.25) is 0 Å². The minimum Gasteiger partial charge on any atom is -0.362 e. The summed E-state index contributed by atoms with van der Waals surface area (Å²) in [5.74, 6) is -0.911. The standard InChI is InChI=1S/C15H16F2N4O/c1-9(11-8-10(16)4-5-12(11)17)18-14-7-6-13(19-20-14)15(22)21(2)3/h4-9H,1-3H3,(H,18,20). The van der Waals surface area contributed by atoms with Gasteiger partial charge in [-0.1, -0.05) is 0 Å². The highest BCUT2D eigenvalue weighted by molar-refractivity contribution is 5.91. The van der Waals surface area contributed by atoms with Crippen LogP contribution in [0.15, 0.2) is 30.3 Å². The minimum absolute atomic E-state index is 0.190. The van der Waals surface area contributed by atoms with Gasteiger partial charge in [-0.3, -0.25) is 4.79 Å². The summed E-state index contributed by atoms with van der Waals surface area (Å²) in [6.45, 7) is 1.68. The average molecular weight is 306 g/mol. The van der Waals surface area contributed by atoms with Crippen molar-refractivity contribution >= 4 is 11.7 Å². The van der Waals surface area contributed by atoms with E-state index in [1.54, 1.807) is 27.1 Å². The molecule has 2 rings (SSSR count). The van der Waals surface area contributed by atoms with E-state index >= 15 is 0 Å². The molecule has 0 fully saturated rings. The van der Waals surface area contributed by atoms with Gasteiger partial charge in [0.2, 0.25) is 0 Å². The Morgan fingerprint density at radius 1 is 1.18 bits per heavy atom. The van der Waals surface area contributed by atoms with E-state index < -0.39 is 17.7 Å². The Labute approximate surface area is 127 Å². The van der Waals surface area contributed by atoms with Gasteiger partial charge in [0.15, 0.2) is 5.69 Å². The highest BCUT2D eigenvalue weighted by atomic mass is 19.1. The summed E-state index contributed by atoms with van der Waals surface area (Å²) in [4.78, 5) is 13.1. The molecule has 1 aromatic heterocycles. The van der Waals surface area contributed by atoms with Crippen molar-refractivity contribution < 1.29 is 13.6 Å². The van der Waals surface area contributed by atoms with E-state index in [1.807, 2.05) is 0 Å². The van der Waals surface area contributed by atoms with Crippen LogP contribution in [0.25, 0.3) is 0 Å². The third-order valence-corrected chi connectivity index (χ3v) is 3.08. The lowest BCUT2D eigenvalue weighted by molar-refractivity contribution is 0.0821. The number of amides is 1. The van der Waals surface area contributed by atoms with E-state index in [9.17, 15) is 13.6 Å². The second kappa shape index (κ2) is 6.46.